The lowest BCUT2D eigenvalue weighted by molar-refractivity contribution is -0.858. The Morgan fingerprint density at radius 1 is 0.949 bits per heavy atom. The van der Waals surface area contributed by atoms with Crippen LogP contribution in [0.15, 0.2) is 12.0 Å². The lowest BCUT2D eigenvalue weighted by Gasteiger charge is -2.35. The van der Waals surface area contributed by atoms with Crippen LogP contribution in [0.25, 0.3) is 0 Å². The summed E-state index contributed by atoms with van der Waals surface area (Å²) in [6.45, 7) is 6.56. The highest BCUT2D eigenvalue weighted by Crippen LogP contribution is 2.45. The molecule has 0 spiro atoms. The maximum atomic E-state index is 12.5. The minimum atomic E-state index is -4.35. The lowest BCUT2D eigenvalue weighted by atomic mass is 10.0. The first-order valence-corrected chi connectivity index (χ1v) is 17.0. The Morgan fingerprint density at radius 2 is 1.49 bits per heavy atom. The van der Waals surface area contributed by atoms with Crippen molar-refractivity contribution in [3.8, 4) is 0 Å². The van der Waals surface area contributed by atoms with E-state index in [0.29, 0.717) is 11.1 Å². The number of quaternary nitrogens is 1. The van der Waals surface area contributed by atoms with Gasteiger partial charge in [0.25, 0.3) is 0 Å². The normalized spacial score (nSPS) is 19.4. The van der Waals surface area contributed by atoms with Crippen molar-refractivity contribution in [2.75, 3.05) is 33.9 Å². The van der Waals surface area contributed by atoms with Crippen molar-refractivity contribution in [3.05, 3.63) is 12.0 Å². The van der Waals surface area contributed by atoms with E-state index in [4.69, 9.17) is 18.5 Å². The SMILES string of the molecule is CCCCCCCCCCCCCCCCOC(C)C(COP(=O)(O)OC=C1CCCC[N+]1(C)C)OC(C)=O. The van der Waals surface area contributed by atoms with E-state index < -0.39 is 26.0 Å². The van der Waals surface area contributed by atoms with Crippen molar-refractivity contribution in [1.29, 1.82) is 0 Å². The van der Waals surface area contributed by atoms with E-state index in [-0.39, 0.29) is 6.61 Å². The Hall–Kier alpha value is -0.920. The smallest absolute Gasteiger partial charge is 0.457 e. The Bertz CT molecular complexity index is 728. The first-order valence-electron chi connectivity index (χ1n) is 15.5. The van der Waals surface area contributed by atoms with Crippen LogP contribution in [-0.4, -0.2) is 61.4 Å². The summed E-state index contributed by atoms with van der Waals surface area (Å²) in [4.78, 5) is 21.8. The number of allylic oxidation sites excluding steroid dienone is 1. The number of ether oxygens (including phenoxy) is 2. The number of carbonyl (C=O) groups is 1. The van der Waals surface area contributed by atoms with Crippen LogP contribution in [0.4, 0.5) is 0 Å². The van der Waals surface area contributed by atoms with Crippen LogP contribution in [0.1, 0.15) is 130 Å². The van der Waals surface area contributed by atoms with E-state index in [1.807, 2.05) is 14.1 Å². The summed E-state index contributed by atoms with van der Waals surface area (Å²) >= 11 is 0. The van der Waals surface area contributed by atoms with E-state index >= 15 is 0 Å². The average Bonchev–Trinajstić information content (AvgIpc) is 2.87. The molecule has 39 heavy (non-hydrogen) atoms. The third-order valence-corrected chi connectivity index (χ3v) is 8.47. The molecule has 3 atom stereocenters. The highest BCUT2D eigenvalue weighted by atomic mass is 31.2. The maximum Gasteiger partial charge on any atom is 0.527 e. The summed E-state index contributed by atoms with van der Waals surface area (Å²) < 4.78 is 34.6. The molecular weight excluding hydrogens is 517 g/mol. The van der Waals surface area contributed by atoms with Crippen LogP contribution >= 0.6 is 7.82 Å². The predicted octanol–water partition coefficient (Wildman–Crippen LogP) is 8.04. The second kappa shape index (κ2) is 20.9. The second-order valence-corrected chi connectivity index (χ2v) is 13.1. The monoisotopic (exact) mass is 576 g/mol. The van der Waals surface area contributed by atoms with Crippen molar-refractivity contribution in [2.24, 2.45) is 0 Å². The summed E-state index contributed by atoms with van der Waals surface area (Å²) in [6, 6.07) is 0. The van der Waals surface area contributed by atoms with Crippen molar-refractivity contribution >= 4 is 13.8 Å². The first-order chi connectivity index (χ1) is 18.6. The zero-order valence-electron chi connectivity index (χ0n) is 25.7. The zero-order valence-corrected chi connectivity index (χ0v) is 26.6. The Morgan fingerprint density at radius 3 is 2.00 bits per heavy atom. The Labute approximate surface area is 239 Å². The number of carbonyl (C=O) groups excluding carboxylic acids is 1. The van der Waals surface area contributed by atoms with Crippen LogP contribution in [0, 0.1) is 0 Å². The molecule has 8 nitrogen and oxygen atoms in total. The number of rotatable bonds is 23. The third-order valence-electron chi connectivity index (χ3n) is 7.62. The van der Waals surface area contributed by atoms with Gasteiger partial charge in [0.1, 0.15) is 5.70 Å². The fourth-order valence-corrected chi connectivity index (χ4v) is 5.59. The molecule has 1 rings (SSSR count). The number of phosphoric ester groups is 1. The maximum absolute atomic E-state index is 12.5. The second-order valence-electron chi connectivity index (χ2n) is 11.7. The number of nitrogens with zero attached hydrogens (tertiary/aromatic N) is 1. The molecule has 0 aromatic carbocycles. The summed E-state index contributed by atoms with van der Waals surface area (Å²) in [5.41, 5.74) is 0.945. The van der Waals surface area contributed by atoms with E-state index in [0.717, 1.165) is 44.3 Å². The van der Waals surface area contributed by atoms with Crippen molar-refractivity contribution in [2.45, 2.75) is 142 Å². The van der Waals surface area contributed by atoms with Gasteiger partial charge in [0.2, 0.25) is 0 Å². The van der Waals surface area contributed by atoms with Crippen molar-refractivity contribution in [3.63, 3.8) is 0 Å². The minimum absolute atomic E-state index is 0.283. The molecule has 1 fully saturated rings. The molecule has 1 heterocycles. The molecule has 0 amide bonds. The molecule has 1 aliphatic heterocycles. The van der Waals surface area contributed by atoms with Gasteiger partial charge in [-0.2, -0.15) is 0 Å². The Balaban J connectivity index is 2.22. The molecule has 1 saturated heterocycles. The van der Waals surface area contributed by atoms with E-state index in [9.17, 15) is 14.3 Å². The molecule has 9 heteroatoms. The van der Waals surface area contributed by atoms with Crippen LogP contribution < -0.4 is 0 Å². The van der Waals surface area contributed by atoms with Gasteiger partial charge in [0.15, 0.2) is 12.4 Å². The summed E-state index contributed by atoms with van der Waals surface area (Å²) in [5.74, 6) is -0.493. The number of hydrogen-bond donors (Lipinski definition) is 1. The number of esters is 1. The lowest BCUT2D eigenvalue weighted by Crippen LogP contribution is -2.42. The van der Waals surface area contributed by atoms with Crippen LogP contribution in [-0.2, 0) is 27.9 Å². The molecule has 0 saturated carbocycles. The van der Waals surface area contributed by atoms with Gasteiger partial charge in [-0.1, -0.05) is 90.4 Å². The number of unbranched alkanes of at least 4 members (excludes halogenated alkanes) is 13. The predicted molar refractivity (Wildman–Crippen MR) is 157 cm³/mol. The van der Waals surface area contributed by atoms with Gasteiger partial charge in [-0.05, 0) is 26.2 Å². The topological polar surface area (TPSA) is 91.3 Å². The summed E-state index contributed by atoms with van der Waals surface area (Å²) in [7, 11) is -0.255. The van der Waals surface area contributed by atoms with Gasteiger partial charge < -0.3 is 14.0 Å². The van der Waals surface area contributed by atoms with E-state index in [1.165, 1.54) is 90.2 Å². The number of likely N-dealkylation sites (tertiary alicyclic amines) is 1. The van der Waals surface area contributed by atoms with Crippen LogP contribution in [0.3, 0.4) is 0 Å². The fourth-order valence-electron chi connectivity index (χ4n) is 4.94. The van der Waals surface area contributed by atoms with E-state index in [2.05, 4.69) is 6.92 Å². The highest BCUT2D eigenvalue weighted by molar-refractivity contribution is 7.47. The average molecular weight is 577 g/mol. The molecule has 230 valence electrons. The molecule has 1 aliphatic rings. The van der Waals surface area contributed by atoms with Crippen LogP contribution in [0.5, 0.6) is 0 Å². The van der Waals surface area contributed by atoms with Gasteiger partial charge in [-0.15, -0.1) is 0 Å². The quantitative estimate of drug-likeness (QED) is 0.0433. The number of hydrogen-bond acceptors (Lipinski definition) is 6. The highest BCUT2D eigenvalue weighted by Gasteiger charge is 2.31. The van der Waals surface area contributed by atoms with Crippen LogP contribution in [0.2, 0.25) is 0 Å². The number of phosphoric acid groups is 1. The van der Waals surface area contributed by atoms with Crippen molar-refractivity contribution in [1.82, 2.24) is 0 Å². The molecule has 3 unspecified atom stereocenters. The van der Waals surface area contributed by atoms with Crippen molar-refractivity contribution < 1.29 is 37.3 Å². The molecule has 0 aromatic rings. The summed E-state index contributed by atoms with van der Waals surface area (Å²) in [6.07, 6.45) is 21.2. The molecule has 1 N–H and O–H groups in total. The first kappa shape index (κ1) is 36.1. The fraction of sp³-hybridized carbons (Fsp3) is 0.900. The molecule has 0 radical (unpaired) electrons. The molecular formula is C30H59NO7P+. The van der Waals surface area contributed by atoms with Gasteiger partial charge in [0.05, 0.1) is 33.4 Å². The Kier molecular flexibility index (Phi) is 19.3. The van der Waals surface area contributed by atoms with Gasteiger partial charge in [-0.3, -0.25) is 18.7 Å². The standard InChI is InChI=1S/C30H58NO7P/c1-6-7-8-9-10-11-12-13-14-15-16-17-18-21-24-35-27(2)30(38-28(3)32)26-37-39(33,34)36-25-29-22-19-20-23-31(29,4)5/h25,27,30H,6-24,26H2,1-5H3/p+1. The molecule has 0 bridgehead atoms. The van der Waals surface area contributed by atoms with Gasteiger partial charge in [0, 0.05) is 20.0 Å². The minimum Gasteiger partial charge on any atom is -0.457 e. The van der Waals surface area contributed by atoms with Gasteiger partial charge >= 0.3 is 13.8 Å². The summed E-state index contributed by atoms with van der Waals surface area (Å²) in [5, 5.41) is 0. The molecule has 0 aliphatic carbocycles. The number of piperidine rings is 1. The van der Waals surface area contributed by atoms with E-state index in [1.54, 1.807) is 6.92 Å². The van der Waals surface area contributed by atoms with Gasteiger partial charge in [-0.25, -0.2) is 4.57 Å². The zero-order chi connectivity index (χ0) is 29.0. The molecule has 0 aromatic heterocycles. The largest absolute Gasteiger partial charge is 0.527 e. The third kappa shape index (κ3) is 18.2.